The van der Waals surface area contributed by atoms with Crippen molar-refractivity contribution in [1.82, 2.24) is 0 Å². The zero-order chi connectivity index (χ0) is 12.1. The number of carboxylic acid groups (broad SMARTS) is 1. The number of likely N-dealkylation sites (N-methyl/N-ethyl adjacent to an activating group) is 1. The van der Waals surface area contributed by atoms with Gasteiger partial charge in [-0.3, -0.25) is 0 Å². The predicted molar refractivity (Wildman–Crippen MR) is 63.1 cm³/mol. The molecule has 1 atom stereocenters. The third-order valence-corrected chi connectivity index (χ3v) is 2.57. The molecular weight excluding hydrogens is 206 g/mol. The Bertz CT molecular complexity index is 348. The van der Waals surface area contributed by atoms with Crippen LogP contribution in [-0.4, -0.2) is 30.8 Å². The number of nitrogens with zero attached hydrogens (tertiary/aromatic N) is 1. The van der Waals surface area contributed by atoms with E-state index in [-0.39, 0.29) is 0 Å². The topological polar surface area (TPSA) is 49.8 Å². The van der Waals surface area contributed by atoms with E-state index in [4.69, 9.17) is 9.84 Å². The van der Waals surface area contributed by atoms with Crippen molar-refractivity contribution in [2.24, 2.45) is 0 Å². The second-order valence-electron chi connectivity index (χ2n) is 3.50. The highest BCUT2D eigenvalue weighted by atomic mass is 16.5. The maximum absolute atomic E-state index is 10.9. The molecule has 0 aliphatic rings. The molecule has 0 heterocycles. The number of hydrogen-bond acceptors (Lipinski definition) is 3. The fourth-order valence-corrected chi connectivity index (χ4v) is 1.59. The van der Waals surface area contributed by atoms with E-state index in [1.165, 1.54) is 0 Å². The zero-order valence-electron chi connectivity index (χ0n) is 9.80. The van der Waals surface area contributed by atoms with Crippen LogP contribution in [0.3, 0.4) is 0 Å². The second kappa shape index (κ2) is 5.39. The van der Waals surface area contributed by atoms with Crippen molar-refractivity contribution in [2.45, 2.75) is 19.9 Å². The van der Waals surface area contributed by atoms with Crippen LogP contribution >= 0.6 is 0 Å². The fourth-order valence-electron chi connectivity index (χ4n) is 1.59. The van der Waals surface area contributed by atoms with E-state index in [1.54, 1.807) is 14.0 Å². The number of hydrogen-bond donors (Lipinski definition) is 1. The van der Waals surface area contributed by atoms with Gasteiger partial charge in [0, 0.05) is 12.2 Å². The van der Waals surface area contributed by atoms with Crippen molar-refractivity contribution in [3.63, 3.8) is 0 Å². The summed E-state index contributed by atoms with van der Waals surface area (Å²) in [6.45, 7) is 4.26. The molecule has 1 N–H and O–H groups in total. The fraction of sp³-hybridized carbons (Fsp3) is 0.417. The molecule has 0 fully saturated rings. The summed E-state index contributed by atoms with van der Waals surface area (Å²) in [5.74, 6) is -0.0551. The monoisotopic (exact) mass is 223 g/mol. The van der Waals surface area contributed by atoms with Crippen LogP contribution in [0.4, 0.5) is 5.69 Å². The highest BCUT2D eigenvalue weighted by Gasteiger charge is 2.19. The molecule has 0 radical (unpaired) electrons. The second-order valence-corrected chi connectivity index (χ2v) is 3.50. The van der Waals surface area contributed by atoms with Crippen molar-refractivity contribution >= 4 is 11.7 Å². The van der Waals surface area contributed by atoms with Gasteiger partial charge in [-0.2, -0.15) is 0 Å². The molecule has 0 amide bonds. The Morgan fingerprint density at radius 3 is 2.38 bits per heavy atom. The molecule has 4 nitrogen and oxygen atoms in total. The lowest BCUT2D eigenvalue weighted by Gasteiger charge is -2.27. The van der Waals surface area contributed by atoms with Crippen LogP contribution in [-0.2, 0) is 4.79 Å². The van der Waals surface area contributed by atoms with Crippen LogP contribution < -0.4 is 9.64 Å². The number of carboxylic acids is 1. The molecule has 0 saturated carbocycles. The first-order valence-corrected chi connectivity index (χ1v) is 5.23. The summed E-state index contributed by atoms with van der Waals surface area (Å²) in [4.78, 5) is 12.8. The van der Waals surface area contributed by atoms with Crippen LogP contribution in [0, 0.1) is 0 Å². The molecule has 0 bridgehead atoms. The number of benzene rings is 1. The van der Waals surface area contributed by atoms with Crippen LogP contribution in [0.2, 0.25) is 0 Å². The van der Waals surface area contributed by atoms with E-state index in [9.17, 15) is 4.79 Å². The van der Waals surface area contributed by atoms with E-state index in [1.807, 2.05) is 36.1 Å². The van der Waals surface area contributed by atoms with Gasteiger partial charge in [0.2, 0.25) is 0 Å². The van der Waals surface area contributed by atoms with E-state index < -0.39 is 12.0 Å². The summed E-state index contributed by atoms with van der Waals surface area (Å²) in [6.07, 6.45) is 0. The van der Waals surface area contributed by atoms with Gasteiger partial charge in [0.05, 0.1) is 7.11 Å². The first-order chi connectivity index (χ1) is 7.60. The minimum Gasteiger partial charge on any atom is -0.497 e. The van der Waals surface area contributed by atoms with Crippen LogP contribution in [0.25, 0.3) is 0 Å². The Balaban J connectivity index is 2.90. The Kier molecular flexibility index (Phi) is 4.17. The average molecular weight is 223 g/mol. The number of aliphatic carboxylic acids is 1. The maximum Gasteiger partial charge on any atom is 0.326 e. The van der Waals surface area contributed by atoms with E-state index in [0.717, 1.165) is 11.4 Å². The lowest BCUT2D eigenvalue weighted by molar-refractivity contribution is -0.138. The summed E-state index contributed by atoms with van der Waals surface area (Å²) in [5, 5.41) is 8.98. The Labute approximate surface area is 95.5 Å². The molecule has 1 rings (SSSR count). The van der Waals surface area contributed by atoms with Crippen LogP contribution in [0.1, 0.15) is 13.8 Å². The third kappa shape index (κ3) is 2.66. The summed E-state index contributed by atoms with van der Waals surface area (Å²) >= 11 is 0. The quantitative estimate of drug-likeness (QED) is 0.829. The smallest absolute Gasteiger partial charge is 0.326 e. The van der Waals surface area contributed by atoms with Crippen LogP contribution in [0.5, 0.6) is 5.75 Å². The van der Waals surface area contributed by atoms with Gasteiger partial charge in [0.25, 0.3) is 0 Å². The molecule has 88 valence electrons. The van der Waals surface area contributed by atoms with Gasteiger partial charge in [-0.25, -0.2) is 4.79 Å². The molecule has 0 aromatic heterocycles. The molecule has 4 heteroatoms. The Morgan fingerprint density at radius 1 is 1.44 bits per heavy atom. The van der Waals surface area contributed by atoms with E-state index >= 15 is 0 Å². The van der Waals surface area contributed by atoms with E-state index in [2.05, 4.69) is 0 Å². The van der Waals surface area contributed by atoms with Gasteiger partial charge in [-0.1, -0.05) is 0 Å². The van der Waals surface area contributed by atoms with Gasteiger partial charge in [0.1, 0.15) is 11.8 Å². The van der Waals surface area contributed by atoms with Gasteiger partial charge in [0.15, 0.2) is 0 Å². The van der Waals surface area contributed by atoms with Gasteiger partial charge in [-0.15, -0.1) is 0 Å². The molecule has 0 unspecified atom stereocenters. The lowest BCUT2D eigenvalue weighted by Crippen LogP contribution is -2.38. The molecular formula is C12H17NO3. The number of ether oxygens (including phenoxy) is 1. The molecule has 0 aliphatic carbocycles. The first kappa shape index (κ1) is 12.4. The average Bonchev–Trinajstić information content (AvgIpc) is 2.30. The number of carbonyl (C=O) groups is 1. The lowest BCUT2D eigenvalue weighted by atomic mass is 10.2. The first-order valence-electron chi connectivity index (χ1n) is 5.23. The van der Waals surface area contributed by atoms with E-state index in [0.29, 0.717) is 6.54 Å². The van der Waals surface area contributed by atoms with Crippen LogP contribution in [0.15, 0.2) is 24.3 Å². The van der Waals surface area contributed by atoms with Gasteiger partial charge < -0.3 is 14.7 Å². The van der Waals surface area contributed by atoms with Crippen molar-refractivity contribution in [3.8, 4) is 5.75 Å². The number of methoxy groups -OCH3 is 1. The highest BCUT2D eigenvalue weighted by molar-refractivity contribution is 5.77. The third-order valence-electron chi connectivity index (χ3n) is 2.57. The molecule has 0 aliphatic heterocycles. The zero-order valence-corrected chi connectivity index (χ0v) is 9.80. The normalized spacial score (nSPS) is 11.9. The highest BCUT2D eigenvalue weighted by Crippen LogP contribution is 2.20. The predicted octanol–water partition coefficient (Wildman–Crippen LogP) is 1.99. The molecule has 1 aromatic carbocycles. The summed E-state index contributed by atoms with van der Waals surface area (Å²) < 4.78 is 5.06. The Hall–Kier alpha value is -1.71. The SMILES string of the molecule is CCN(c1ccc(OC)cc1)[C@@H](C)C(=O)O. The summed E-state index contributed by atoms with van der Waals surface area (Å²) in [7, 11) is 1.60. The van der Waals surface area contributed by atoms with Crippen molar-refractivity contribution in [2.75, 3.05) is 18.6 Å². The largest absolute Gasteiger partial charge is 0.497 e. The number of anilines is 1. The van der Waals surface area contributed by atoms with Gasteiger partial charge in [-0.05, 0) is 38.1 Å². The summed E-state index contributed by atoms with van der Waals surface area (Å²) in [5.41, 5.74) is 0.887. The van der Waals surface area contributed by atoms with Crippen molar-refractivity contribution < 1.29 is 14.6 Å². The maximum atomic E-state index is 10.9. The van der Waals surface area contributed by atoms with Gasteiger partial charge >= 0.3 is 5.97 Å². The minimum atomic E-state index is -0.822. The Morgan fingerprint density at radius 2 is 2.00 bits per heavy atom. The molecule has 0 saturated heterocycles. The molecule has 0 spiro atoms. The molecule has 1 aromatic rings. The van der Waals surface area contributed by atoms with Crippen molar-refractivity contribution in [3.05, 3.63) is 24.3 Å². The standard InChI is InChI=1S/C12H17NO3/c1-4-13(9(2)12(14)15)10-5-7-11(16-3)8-6-10/h5-9H,4H2,1-3H3,(H,14,15)/t9-/m0/s1. The van der Waals surface area contributed by atoms with Crippen molar-refractivity contribution in [1.29, 1.82) is 0 Å². The summed E-state index contributed by atoms with van der Waals surface area (Å²) in [6, 6.07) is 6.85. The minimum absolute atomic E-state index is 0.529. The number of rotatable bonds is 5. The molecule has 16 heavy (non-hydrogen) atoms.